The van der Waals surface area contributed by atoms with Crippen molar-refractivity contribution in [2.45, 2.75) is 63.1 Å². The molecular formula is C19H26BrNO2. The Morgan fingerprint density at radius 2 is 2.00 bits per heavy atom. The first-order valence-corrected chi connectivity index (χ1v) is 9.67. The summed E-state index contributed by atoms with van der Waals surface area (Å²) < 4.78 is 6.86. The molecule has 4 fully saturated rings. The number of hydrogen-bond acceptors (Lipinski definition) is 3. The van der Waals surface area contributed by atoms with Crippen molar-refractivity contribution in [2.75, 3.05) is 6.61 Å². The summed E-state index contributed by atoms with van der Waals surface area (Å²) in [6.07, 6.45) is 6.74. The molecule has 1 aromatic carbocycles. The molecular weight excluding hydrogens is 354 g/mol. The standard InChI is InChI=1S/C19H26BrNO2/c1-2-23-17-4-3-16(20)6-15(17)11-21-18-7-13-5-14(8-18)10-19(22,9-13)12-18/h3-4,6,13-14,21-22H,2,5,7-12H2,1H3/t13-,14-,18?,19?/m0/s1. The van der Waals surface area contributed by atoms with Crippen molar-refractivity contribution in [1.29, 1.82) is 0 Å². The van der Waals surface area contributed by atoms with Crippen LogP contribution in [0, 0.1) is 11.8 Å². The maximum Gasteiger partial charge on any atom is 0.123 e. The quantitative estimate of drug-likeness (QED) is 0.811. The molecule has 2 N–H and O–H groups in total. The first-order valence-electron chi connectivity index (χ1n) is 8.88. The maximum absolute atomic E-state index is 10.9. The lowest BCUT2D eigenvalue weighted by atomic mass is 9.51. The lowest BCUT2D eigenvalue weighted by Crippen LogP contribution is -2.64. The Balaban J connectivity index is 1.52. The highest BCUT2D eigenvalue weighted by atomic mass is 79.9. The number of benzene rings is 1. The largest absolute Gasteiger partial charge is 0.494 e. The van der Waals surface area contributed by atoms with Crippen LogP contribution in [0.1, 0.15) is 51.0 Å². The minimum atomic E-state index is -0.406. The summed E-state index contributed by atoms with van der Waals surface area (Å²) in [4.78, 5) is 0. The fourth-order valence-corrected chi connectivity index (χ4v) is 6.09. The molecule has 0 amide bonds. The zero-order valence-corrected chi connectivity index (χ0v) is 15.4. The van der Waals surface area contributed by atoms with Crippen LogP contribution in [-0.2, 0) is 6.54 Å². The Hall–Kier alpha value is -0.580. The number of hydrogen-bond donors (Lipinski definition) is 2. The molecule has 0 aliphatic heterocycles. The maximum atomic E-state index is 10.9. The van der Waals surface area contributed by atoms with Gasteiger partial charge in [-0.15, -0.1) is 0 Å². The van der Waals surface area contributed by atoms with E-state index in [1.807, 2.05) is 19.1 Å². The molecule has 1 aromatic rings. The highest BCUT2D eigenvalue weighted by Gasteiger charge is 2.56. The van der Waals surface area contributed by atoms with Crippen LogP contribution in [-0.4, -0.2) is 22.9 Å². The van der Waals surface area contributed by atoms with Crippen molar-refractivity contribution in [3.63, 3.8) is 0 Å². The topological polar surface area (TPSA) is 41.5 Å². The fraction of sp³-hybridized carbons (Fsp3) is 0.684. The minimum absolute atomic E-state index is 0.130. The summed E-state index contributed by atoms with van der Waals surface area (Å²) in [6.45, 7) is 3.52. The molecule has 2 atom stereocenters. The number of nitrogens with one attached hydrogen (secondary N) is 1. The zero-order chi connectivity index (χ0) is 16.1. The number of ether oxygens (including phenoxy) is 1. The first kappa shape index (κ1) is 15.9. The van der Waals surface area contributed by atoms with Crippen LogP contribution in [0.25, 0.3) is 0 Å². The van der Waals surface area contributed by atoms with Crippen molar-refractivity contribution in [3.05, 3.63) is 28.2 Å². The van der Waals surface area contributed by atoms with Crippen molar-refractivity contribution < 1.29 is 9.84 Å². The van der Waals surface area contributed by atoms with Gasteiger partial charge in [-0.05, 0) is 75.5 Å². The summed E-state index contributed by atoms with van der Waals surface area (Å²) in [5.41, 5.74) is 0.922. The Morgan fingerprint density at radius 1 is 1.26 bits per heavy atom. The van der Waals surface area contributed by atoms with E-state index in [-0.39, 0.29) is 5.54 Å². The van der Waals surface area contributed by atoms with E-state index in [4.69, 9.17) is 4.74 Å². The lowest BCUT2D eigenvalue weighted by Gasteiger charge is -2.60. The second kappa shape index (κ2) is 5.75. The van der Waals surface area contributed by atoms with Gasteiger partial charge in [-0.25, -0.2) is 0 Å². The third kappa shape index (κ3) is 3.06. The summed E-state index contributed by atoms with van der Waals surface area (Å²) in [6, 6.07) is 6.22. The van der Waals surface area contributed by atoms with E-state index in [1.54, 1.807) is 0 Å². The predicted octanol–water partition coefficient (Wildman–Crippen LogP) is 4.02. The molecule has 0 spiro atoms. The molecule has 3 nitrogen and oxygen atoms in total. The summed E-state index contributed by atoms with van der Waals surface area (Å²) in [5.74, 6) is 2.39. The Bertz CT molecular complexity index is 589. The molecule has 0 unspecified atom stereocenters. The third-order valence-corrected chi connectivity index (χ3v) is 6.50. The lowest BCUT2D eigenvalue weighted by molar-refractivity contribution is -0.142. The molecule has 5 rings (SSSR count). The number of aliphatic hydroxyl groups is 1. The van der Waals surface area contributed by atoms with Crippen LogP contribution >= 0.6 is 15.9 Å². The SMILES string of the molecule is CCOc1ccc(Br)cc1CNC12C[C@@H]3C[C@H](CC(O)(C3)C1)C2. The summed E-state index contributed by atoms with van der Waals surface area (Å²) in [5, 5.41) is 14.7. The van der Waals surface area contributed by atoms with Gasteiger partial charge in [0.05, 0.1) is 12.2 Å². The van der Waals surface area contributed by atoms with Crippen molar-refractivity contribution >= 4 is 15.9 Å². The van der Waals surface area contributed by atoms with Crippen LogP contribution in [0.2, 0.25) is 0 Å². The number of rotatable bonds is 5. The molecule has 0 saturated heterocycles. The van der Waals surface area contributed by atoms with Gasteiger partial charge in [0.15, 0.2) is 0 Å². The van der Waals surface area contributed by atoms with Crippen LogP contribution in [0.5, 0.6) is 5.75 Å². The van der Waals surface area contributed by atoms with Gasteiger partial charge < -0.3 is 15.2 Å². The van der Waals surface area contributed by atoms with Gasteiger partial charge in [0, 0.05) is 22.1 Å². The molecule has 126 valence electrons. The van der Waals surface area contributed by atoms with Crippen LogP contribution in [0.15, 0.2) is 22.7 Å². The molecule has 23 heavy (non-hydrogen) atoms. The van der Waals surface area contributed by atoms with Gasteiger partial charge >= 0.3 is 0 Å². The van der Waals surface area contributed by atoms with Gasteiger partial charge in [-0.1, -0.05) is 15.9 Å². The van der Waals surface area contributed by atoms with Crippen molar-refractivity contribution in [2.24, 2.45) is 11.8 Å². The Labute approximate surface area is 146 Å². The predicted molar refractivity (Wildman–Crippen MR) is 94.5 cm³/mol. The molecule has 4 heteroatoms. The second-order valence-electron chi connectivity index (χ2n) is 8.00. The smallest absolute Gasteiger partial charge is 0.123 e. The number of halogens is 1. The Morgan fingerprint density at radius 3 is 2.65 bits per heavy atom. The summed E-state index contributed by atoms with van der Waals surface area (Å²) >= 11 is 3.57. The van der Waals surface area contributed by atoms with E-state index in [0.717, 1.165) is 36.0 Å². The van der Waals surface area contributed by atoms with Crippen LogP contribution < -0.4 is 10.1 Å². The van der Waals surface area contributed by atoms with Gasteiger partial charge in [0.1, 0.15) is 5.75 Å². The molecule has 4 bridgehead atoms. The highest BCUT2D eigenvalue weighted by Crippen LogP contribution is 2.57. The molecule has 4 aliphatic rings. The first-order chi connectivity index (χ1) is 11.0. The van der Waals surface area contributed by atoms with E-state index in [9.17, 15) is 5.11 Å². The van der Waals surface area contributed by atoms with Crippen LogP contribution in [0.3, 0.4) is 0 Å². The third-order valence-electron chi connectivity index (χ3n) is 6.01. The second-order valence-corrected chi connectivity index (χ2v) is 8.92. The molecule has 4 saturated carbocycles. The van der Waals surface area contributed by atoms with Crippen molar-refractivity contribution in [3.8, 4) is 5.75 Å². The average molecular weight is 380 g/mol. The Kier molecular flexibility index (Phi) is 3.98. The highest BCUT2D eigenvalue weighted by molar-refractivity contribution is 9.10. The van der Waals surface area contributed by atoms with E-state index in [2.05, 4.69) is 27.3 Å². The van der Waals surface area contributed by atoms with E-state index >= 15 is 0 Å². The average Bonchev–Trinajstić information content (AvgIpc) is 2.45. The van der Waals surface area contributed by atoms with Gasteiger partial charge in [-0.2, -0.15) is 0 Å². The zero-order valence-electron chi connectivity index (χ0n) is 13.8. The summed E-state index contributed by atoms with van der Waals surface area (Å²) in [7, 11) is 0. The van der Waals surface area contributed by atoms with E-state index in [0.29, 0.717) is 18.4 Å². The van der Waals surface area contributed by atoms with Gasteiger partial charge in [-0.3, -0.25) is 0 Å². The molecule has 0 radical (unpaired) electrons. The van der Waals surface area contributed by atoms with E-state index in [1.165, 1.54) is 24.8 Å². The van der Waals surface area contributed by atoms with Crippen LogP contribution in [0.4, 0.5) is 0 Å². The monoisotopic (exact) mass is 379 g/mol. The van der Waals surface area contributed by atoms with Gasteiger partial charge in [0.2, 0.25) is 0 Å². The minimum Gasteiger partial charge on any atom is -0.494 e. The van der Waals surface area contributed by atoms with E-state index < -0.39 is 5.60 Å². The van der Waals surface area contributed by atoms with Gasteiger partial charge in [0.25, 0.3) is 0 Å². The van der Waals surface area contributed by atoms with Crippen molar-refractivity contribution in [1.82, 2.24) is 5.32 Å². The molecule has 0 heterocycles. The molecule has 4 aliphatic carbocycles. The molecule has 0 aromatic heterocycles. The normalized spacial score (nSPS) is 38.0. The fourth-order valence-electron chi connectivity index (χ4n) is 5.69.